The van der Waals surface area contributed by atoms with Gasteiger partial charge in [0.25, 0.3) is 0 Å². The quantitative estimate of drug-likeness (QED) is 0.667. The number of rotatable bonds is 6. The number of carbonyl (C=O) groups is 1. The Morgan fingerprint density at radius 3 is 2.89 bits per heavy atom. The lowest BCUT2D eigenvalue weighted by atomic mass is 10.2. The second-order valence-electron chi connectivity index (χ2n) is 6.62. The second-order valence-corrected chi connectivity index (χ2v) is 7.57. The summed E-state index contributed by atoms with van der Waals surface area (Å²) in [6.07, 6.45) is 4.08. The van der Waals surface area contributed by atoms with E-state index < -0.39 is 0 Å². The van der Waals surface area contributed by atoms with Crippen LogP contribution in [-0.2, 0) is 16.1 Å². The molecule has 0 saturated carbocycles. The van der Waals surface area contributed by atoms with Gasteiger partial charge in [0.05, 0.1) is 18.4 Å². The van der Waals surface area contributed by atoms with Gasteiger partial charge in [0.2, 0.25) is 11.1 Å². The normalized spacial score (nSPS) is 20.2. The van der Waals surface area contributed by atoms with Crippen LogP contribution >= 0.6 is 11.8 Å². The van der Waals surface area contributed by atoms with Gasteiger partial charge in [-0.3, -0.25) is 4.79 Å². The van der Waals surface area contributed by atoms with Crippen molar-refractivity contribution in [3.63, 3.8) is 0 Å². The molecule has 0 bridgehead atoms. The number of ether oxygens (including phenoxy) is 1. The average Bonchev–Trinajstić information content (AvgIpc) is 3.39. The molecule has 0 unspecified atom stereocenters. The highest BCUT2D eigenvalue weighted by Gasteiger charge is 2.23. The fourth-order valence-electron chi connectivity index (χ4n) is 3.34. The molecule has 0 aliphatic carbocycles. The van der Waals surface area contributed by atoms with Gasteiger partial charge in [-0.05, 0) is 35.4 Å². The van der Waals surface area contributed by atoms with Gasteiger partial charge in [-0.2, -0.15) is 0 Å². The third-order valence-corrected chi connectivity index (χ3v) is 5.77. The molecule has 0 aromatic carbocycles. The standard InChI is InChI=1S/C17H23N7O2S/c25-16(23-9-7-22(8-10-23)15-5-1-2-6-18-15)13-27-17-19-20-21-24(17)12-14-4-3-11-26-14/h1-2,5-6,14H,3-4,7-13H2/t14-/m1/s1. The summed E-state index contributed by atoms with van der Waals surface area (Å²) in [5.41, 5.74) is 0. The maximum Gasteiger partial charge on any atom is 0.233 e. The number of piperazine rings is 1. The first-order valence-electron chi connectivity index (χ1n) is 9.24. The molecular formula is C17H23N7O2S. The third-order valence-electron chi connectivity index (χ3n) is 4.83. The van der Waals surface area contributed by atoms with Gasteiger partial charge in [-0.25, -0.2) is 9.67 Å². The number of carbonyl (C=O) groups excluding carboxylic acids is 1. The Bertz CT molecular complexity index is 743. The molecule has 2 saturated heterocycles. The van der Waals surface area contributed by atoms with Gasteiger partial charge in [-0.15, -0.1) is 5.10 Å². The first-order valence-corrected chi connectivity index (χ1v) is 10.2. The Hall–Kier alpha value is -2.20. The predicted molar refractivity (Wildman–Crippen MR) is 101 cm³/mol. The molecule has 2 aliphatic heterocycles. The van der Waals surface area contributed by atoms with Crippen LogP contribution in [0.2, 0.25) is 0 Å². The van der Waals surface area contributed by atoms with E-state index >= 15 is 0 Å². The molecule has 1 atom stereocenters. The molecule has 2 fully saturated rings. The van der Waals surface area contributed by atoms with E-state index in [1.807, 2.05) is 23.1 Å². The van der Waals surface area contributed by atoms with Crippen molar-refractivity contribution in [2.24, 2.45) is 0 Å². The highest BCUT2D eigenvalue weighted by Crippen LogP contribution is 2.19. The van der Waals surface area contributed by atoms with Gasteiger partial charge in [0.15, 0.2) is 0 Å². The third kappa shape index (κ3) is 4.56. The lowest BCUT2D eigenvalue weighted by Gasteiger charge is -2.35. The van der Waals surface area contributed by atoms with E-state index in [4.69, 9.17) is 4.74 Å². The van der Waals surface area contributed by atoms with Crippen LogP contribution < -0.4 is 4.90 Å². The van der Waals surface area contributed by atoms with Crippen molar-refractivity contribution in [2.75, 3.05) is 43.4 Å². The Kier molecular flexibility index (Phi) is 5.83. The lowest BCUT2D eigenvalue weighted by Crippen LogP contribution is -2.49. The zero-order valence-electron chi connectivity index (χ0n) is 15.1. The maximum absolute atomic E-state index is 12.6. The fraction of sp³-hybridized carbons (Fsp3) is 0.588. The lowest BCUT2D eigenvalue weighted by molar-refractivity contribution is -0.128. The largest absolute Gasteiger partial charge is 0.376 e. The van der Waals surface area contributed by atoms with Crippen LogP contribution in [0.3, 0.4) is 0 Å². The molecular weight excluding hydrogens is 366 g/mol. The fourth-order valence-corrected chi connectivity index (χ4v) is 4.13. The Balaban J connectivity index is 1.25. The molecule has 2 aromatic rings. The number of hydrogen-bond donors (Lipinski definition) is 0. The minimum Gasteiger partial charge on any atom is -0.376 e. The van der Waals surface area contributed by atoms with Crippen molar-refractivity contribution in [2.45, 2.75) is 30.6 Å². The van der Waals surface area contributed by atoms with Crippen molar-refractivity contribution < 1.29 is 9.53 Å². The Morgan fingerprint density at radius 1 is 1.26 bits per heavy atom. The van der Waals surface area contributed by atoms with Crippen molar-refractivity contribution >= 4 is 23.5 Å². The monoisotopic (exact) mass is 389 g/mol. The molecule has 4 heterocycles. The minimum atomic E-state index is 0.118. The Labute approximate surface area is 162 Å². The summed E-state index contributed by atoms with van der Waals surface area (Å²) in [6.45, 7) is 4.45. The molecule has 2 aliphatic rings. The highest BCUT2D eigenvalue weighted by molar-refractivity contribution is 7.99. The van der Waals surface area contributed by atoms with Gasteiger partial charge >= 0.3 is 0 Å². The highest BCUT2D eigenvalue weighted by atomic mass is 32.2. The molecule has 27 heavy (non-hydrogen) atoms. The van der Waals surface area contributed by atoms with Gasteiger partial charge in [0, 0.05) is 39.0 Å². The van der Waals surface area contributed by atoms with E-state index in [0.29, 0.717) is 30.5 Å². The Morgan fingerprint density at radius 2 is 2.15 bits per heavy atom. The number of hydrogen-bond acceptors (Lipinski definition) is 8. The number of anilines is 1. The molecule has 0 radical (unpaired) electrons. The van der Waals surface area contributed by atoms with Crippen LogP contribution in [0.5, 0.6) is 0 Å². The van der Waals surface area contributed by atoms with E-state index in [-0.39, 0.29) is 12.0 Å². The van der Waals surface area contributed by atoms with E-state index in [0.717, 1.165) is 38.4 Å². The summed E-state index contributed by atoms with van der Waals surface area (Å²) in [6, 6.07) is 5.89. The summed E-state index contributed by atoms with van der Waals surface area (Å²) < 4.78 is 7.38. The summed E-state index contributed by atoms with van der Waals surface area (Å²) in [7, 11) is 0. The number of pyridine rings is 1. The summed E-state index contributed by atoms with van der Waals surface area (Å²) in [5.74, 6) is 1.43. The van der Waals surface area contributed by atoms with E-state index in [1.54, 1.807) is 10.9 Å². The predicted octanol–water partition coefficient (Wildman–Crippen LogP) is 0.688. The molecule has 10 heteroatoms. The van der Waals surface area contributed by atoms with Crippen LogP contribution in [0.4, 0.5) is 5.82 Å². The van der Waals surface area contributed by atoms with Crippen molar-refractivity contribution in [3.05, 3.63) is 24.4 Å². The van der Waals surface area contributed by atoms with Crippen LogP contribution in [0.25, 0.3) is 0 Å². The first-order chi connectivity index (χ1) is 13.3. The second kappa shape index (κ2) is 8.66. The van der Waals surface area contributed by atoms with Crippen molar-refractivity contribution in [3.8, 4) is 0 Å². The molecule has 0 N–H and O–H groups in total. The minimum absolute atomic E-state index is 0.118. The first kappa shape index (κ1) is 18.2. The van der Waals surface area contributed by atoms with Gasteiger partial charge in [-0.1, -0.05) is 17.8 Å². The maximum atomic E-state index is 12.6. The summed E-state index contributed by atoms with van der Waals surface area (Å²) in [5, 5.41) is 12.5. The average molecular weight is 389 g/mol. The smallest absolute Gasteiger partial charge is 0.233 e. The molecule has 0 spiro atoms. The zero-order valence-corrected chi connectivity index (χ0v) is 15.9. The molecule has 2 aromatic heterocycles. The molecule has 9 nitrogen and oxygen atoms in total. The van der Waals surface area contributed by atoms with Gasteiger partial charge in [0.1, 0.15) is 5.82 Å². The summed E-state index contributed by atoms with van der Waals surface area (Å²) in [4.78, 5) is 21.0. The van der Waals surface area contributed by atoms with Crippen LogP contribution in [0.1, 0.15) is 12.8 Å². The number of amides is 1. The van der Waals surface area contributed by atoms with Crippen molar-refractivity contribution in [1.29, 1.82) is 0 Å². The van der Waals surface area contributed by atoms with Crippen LogP contribution in [-0.4, -0.2) is 80.6 Å². The number of thioether (sulfide) groups is 1. The topological polar surface area (TPSA) is 89.3 Å². The van der Waals surface area contributed by atoms with E-state index in [2.05, 4.69) is 25.4 Å². The number of nitrogens with zero attached hydrogens (tertiary/aromatic N) is 7. The molecule has 144 valence electrons. The summed E-state index contributed by atoms with van der Waals surface area (Å²) >= 11 is 1.39. The number of aromatic nitrogens is 5. The zero-order chi connectivity index (χ0) is 18.5. The van der Waals surface area contributed by atoms with Crippen LogP contribution in [0.15, 0.2) is 29.6 Å². The van der Waals surface area contributed by atoms with E-state index in [1.165, 1.54) is 11.8 Å². The molecule has 1 amide bonds. The van der Waals surface area contributed by atoms with E-state index in [9.17, 15) is 4.79 Å². The van der Waals surface area contributed by atoms with Crippen LogP contribution in [0, 0.1) is 0 Å². The van der Waals surface area contributed by atoms with Gasteiger partial charge < -0.3 is 14.5 Å². The number of tetrazole rings is 1. The molecule has 4 rings (SSSR count). The SMILES string of the molecule is O=C(CSc1nnnn1C[C@H]1CCCO1)N1CCN(c2ccccn2)CC1. The van der Waals surface area contributed by atoms with Crippen molar-refractivity contribution in [1.82, 2.24) is 30.1 Å².